The minimum absolute atomic E-state index is 0.0308. The first-order chi connectivity index (χ1) is 19.7. The maximum Gasteiger partial charge on any atom is 0.416 e. The van der Waals surface area contributed by atoms with Crippen LogP contribution >= 0.6 is 0 Å². The van der Waals surface area contributed by atoms with Gasteiger partial charge in [-0.1, -0.05) is 25.1 Å². The average Bonchev–Trinajstić information content (AvgIpc) is 2.94. The van der Waals surface area contributed by atoms with Gasteiger partial charge in [-0.05, 0) is 68.3 Å². The largest absolute Gasteiger partial charge is 0.495 e. The molecule has 0 spiro atoms. The van der Waals surface area contributed by atoms with E-state index in [1.807, 2.05) is 0 Å². The molecule has 1 amide bonds. The first kappa shape index (κ1) is 30.6. The van der Waals surface area contributed by atoms with Crippen molar-refractivity contribution >= 4 is 16.8 Å². The molecule has 0 aliphatic heterocycles. The van der Waals surface area contributed by atoms with Gasteiger partial charge >= 0.3 is 12.4 Å². The predicted molar refractivity (Wildman–Crippen MR) is 145 cm³/mol. The Morgan fingerprint density at radius 1 is 0.976 bits per heavy atom. The Morgan fingerprint density at radius 3 is 2.17 bits per heavy atom. The standard InChI is InChI=1S/C30H27F6N3O3/c1-5-12-38(27(40)19-14-20(29(31,32)33)16-21(15-19)30(34,35)36)18(3)26-37-23-9-7-6-8-22(23)28(41)39(26)24-13-17(2)10-11-25(24)42-4/h6-11,13-16,18H,5,12H2,1-4H3. The van der Waals surface area contributed by atoms with E-state index in [1.54, 1.807) is 56.3 Å². The molecule has 1 atom stereocenters. The molecule has 1 unspecified atom stereocenters. The molecule has 0 saturated heterocycles. The lowest BCUT2D eigenvalue weighted by molar-refractivity contribution is -0.143. The normalized spacial score (nSPS) is 12.8. The van der Waals surface area contributed by atoms with Crippen molar-refractivity contribution in [3.63, 3.8) is 0 Å². The number of amides is 1. The molecule has 4 rings (SSSR count). The Morgan fingerprint density at radius 2 is 1.60 bits per heavy atom. The van der Waals surface area contributed by atoms with Crippen LogP contribution in [-0.2, 0) is 12.4 Å². The summed E-state index contributed by atoms with van der Waals surface area (Å²) in [4.78, 5) is 33.4. The van der Waals surface area contributed by atoms with Crippen molar-refractivity contribution in [1.29, 1.82) is 0 Å². The Hall–Kier alpha value is -4.35. The SMILES string of the molecule is CCCN(C(=O)c1cc(C(F)(F)F)cc(C(F)(F)F)c1)C(C)c1nc2ccccc2c(=O)n1-c1cc(C)ccc1OC. The van der Waals surface area contributed by atoms with Crippen LogP contribution in [0.15, 0.2) is 65.5 Å². The van der Waals surface area contributed by atoms with Crippen molar-refractivity contribution in [2.75, 3.05) is 13.7 Å². The number of aromatic nitrogens is 2. The number of halogens is 6. The topological polar surface area (TPSA) is 64.4 Å². The minimum Gasteiger partial charge on any atom is -0.495 e. The summed E-state index contributed by atoms with van der Waals surface area (Å²) >= 11 is 0. The van der Waals surface area contributed by atoms with Crippen molar-refractivity contribution in [1.82, 2.24) is 14.5 Å². The maximum absolute atomic E-state index is 13.9. The molecule has 1 aromatic heterocycles. The molecule has 222 valence electrons. The zero-order valence-electron chi connectivity index (χ0n) is 23.1. The summed E-state index contributed by atoms with van der Waals surface area (Å²) in [7, 11) is 1.41. The molecule has 6 nitrogen and oxygen atoms in total. The number of nitrogens with zero attached hydrogens (tertiary/aromatic N) is 3. The van der Waals surface area contributed by atoms with Gasteiger partial charge in [0.05, 0.1) is 40.9 Å². The zero-order valence-corrected chi connectivity index (χ0v) is 23.1. The first-order valence-electron chi connectivity index (χ1n) is 12.9. The molecular formula is C30H27F6N3O3. The highest BCUT2D eigenvalue weighted by molar-refractivity contribution is 5.95. The van der Waals surface area contributed by atoms with E-state index in [0.29, 0.717) is 35.5 Å². The van der Waals surface area contributed by atoms with Crippen molar-refractivity contribution in [2.24, 2.45) is 0 Å². The van der Waals surface area contributed by atoms with Gasteiger partial charge < -0.3 is 9.64 Å². The fraction of sp³-hybridized carbons (Fsp3) is 0.300. The summed E-state index contributed by atoms with van der Waals surface area (Å²) in [6, 6.07) is 11.3. The van der Waals surface area contributed by atoms with E-state index in [4.69, 9.17) is 4.74 Å². The van der Waals surface area contributed by atoms with E-state index in [1.165, 1.54) is 18.6 Å². The molecule has 0 aliphatic rings. The molecule has 0 saturated carbocycles. The maximum atomic E-state index is 13.9. The number of carbonyl (C=O) groups is 1. The highest BCUT2D eigenvalue weighted by Crippen LogP contribution is 2.37. The Bertz CT molecular complexity index is 1660. The second-order valence-corrected chi connectivity index (χ2v) is 9.77. The predicted octanol–water partition coefficient (Wildman–Crippen LogP) is 7.35. The van der Waals surface area contributed by atoms with Crippen LogP contribution in [0.1, 0.15) is 59.2 Å². The van der Waals surface area contributed by atoms with Gasteiger partial charge in [0.1, 0.15) is 11.6 Å². The van der Waals surface area contributed by atoms with Crippen molar-refractivity contribution < 1.29 is 35.9 Å². The quantitative estimate of drug-likeness (QED) is 0.211. The molecule has 0 N–H and O–H groups in total. The highest BCUT2D eigenvalue weighted by atomic mass is 19.4. The summed E-state index contributed by atoms with van der Waals surface area (Å²) in [5.74, 6) is -0.715. The van der Waals surface area contributed by atoms with Gasteiger partial charge in [-0.25, -0.2) is 4.98 Å². The van der Waals surface area contributed by atoms with E-state index in [-0.39, 0.29) is 23.8 Å². The summed E-state index contributed by atoms with van der Waals surface area (Å²) in [6.45, 7) is 4.96. The van der Waals surface area contributed by atoms with E-state index in [9.17, 15) is 35.9 Å². The molecule has 3 aromatic carbocycles. The van der Waals surface area contributed by atoms with Crippen LogP contribution in [0.3, 0.4) is 0 Å². The number of hydrogen-bond acceptors (Lipinski definition) is 4. The van der Waals surface area contributed by atoms with Crippen LogP contribution in [0.25, 0.3) is 16.6 Å². The third-order valence-corrected chi connectivity index (χ3v) is 6.78. The van der Waals surface area contributed by atoms with Crippen molar-refractivity contribution in [3.8, 4) is 11.4 Å². The minimum atomic E-state index is -5.13. The molecule has 42 heavy (non-hydrogen) atoms. The second-order valence-electron chi connectivity index (χ2n) is 9.77. The molecule has 0 radical (unpaired) electrons. The Kier molecular flexibility index (Phi) is 8.38. The van der Waals surface area contributed by atoms with Crippen LogP contribution in [-0.4, -0.2) is 34.0 Å². The number of methoxy groups -OCH3 is 1. The number of ether oxygens (including phenoxy) is 1. The number of rotatable bonds is 7. The molecule has 0 fully saturated rings. The van der Waals surface area contributed by atoms with E-state index < -0.39 is 46.6 Å². The number of benzene rings is 3. The van der Waals surface area contributed by atoms with Gasteiger partial charge in [-0.2, -0.15) is 26.3 Å². The highest BCUT2D eigenvalue weighted by Gasteiger charge is 2.38. The third-order valence-electron chi connectivity index (χ3n) is 6.78. The molecule has 1 heterocycles. The van der Waals surface area contributed by atoms with Crippen LogP contribution in [0, 0.1) is 6.92 Å². The number of para-hydroxylation sites is 1. The number of aryl methyl sites for hydroxylation is 1. The lowest BCUT2D eigenvalue weighted by Crippen LogP contribution is -2.38. The number of alkyl halides is 6. The van der Waals surface area contributed by atoms with Gasteiger partial charge in [0.15, 0.2) is 0 Å². The number of hydrogen-bond donors (Lipinski definition) is 0. The number of carbonyl (C=O) groups excluding carboxylic acids is 1. The van der Waals surface area contributed by atoms with Crippen LogP contribution in [0.5, 0.6) is 5.75 Å². The Labute approximate surface area is 237 Å². The lowest BCUT2D eigenvalue weighted by Gasteiger charge is -2.31. The van der Waals surface area contributed by atoms with Gasteiger partial charge in [0, 0.05) is 12.1 Å². The van der Waals surface area contributed by atoms with Gasteiger partial charge in [-0.3, -0.25) is 14.2 Å². The zero-order chi connectivity index (χ0) is 31.0. The van der Waals surface area contributed by atoms with E-state index >= 15 is 0 Å². The molecule has 0 bridgehead atoms. The summed E-state index contributed by atoms with van der Waals surface area (Å²) < 4.78 is 88.1. The van der Waals surface area contributed by atoms with Crippen molar-refractivity contribution in [2.45, 2.75) is 45.6 Å². The lowest BCUT2D eigenvalue weighted by atomic mass is 10.0. The smallest absolute Gasteiger partial charge is 0.416 e. The monoisotopic (exact) mass is 591 g/mol. The first-order valence-corrected chi connectivity index (χ1v) is 12.9. The van der Waals surface area contributed by atoms with Gasteiger partial charge in [-0.15, -0.1) is 0 Å². The molecule has 4 aromatic rings. The summed E-state index contributed by atoms with van der Waals surface area (Å²) in [6.07, 6.45) is -9.94. The van der Waals surface area contributed by atoms with Crippen LogP contribution in [0.2, 0.25) is 0 Å². The molecule has 0 aliphatic carbocycles. The number of fused-ring (bicyclic) bond motifs is 1. The summed E-state index contributed by atoms with van der Waals surface area (Å²) in [5.41, 5.74) is -3.10. The van der Waals surface area contributed by atoms with Gasteiger partial charge in [0.25, 0.3) is 11.5 Å². The third kappa shape index (κ3) is 5.97. The van der Waals surface area contributed by atoms with Crippen molar-refractivity contribution in [3.05, 3.63) is 99.1 Å². The fourth-order valence-electron chi connectivity index (χ4n) is 4.73. The van der Waals surface area contributed by atoms with Crippen LogP contribution in [0.4, 0.5) is 26.3 Å². The van der Waals surface area contributed by atoms with Crippen LogP contribution < -0.4 is 10.3 Å². The van der Waals surface area contributed by atoms with Gasteiger partial charge in [0.2, 0.25) is 0 Å². The summed E-state index contributed by atoms with van der Waals surface area (Å²) in [5, 5.41) is 0.262. The van der Waals surface area contributed by atoms with E-state index in [2.05, 4.69) is 4.98 Å². The van der Waals surface area contributed by atoms with E-state index in [0.717, 1.165) is 10.5 Å². The fourth-order valence-corrected chi connectivity index (χ4v) is 4.73. The second kappa shape index (κ2) is 11.5. The molecular weight excluding hydrogens is 564 g/mol. The average molecular weight is 592 g/mol. The molecule has 12 heteroatoms. The Balaban J connectivity index is 1.96.